The number of hydrogen-bond acceptors (Lipinski definition) is 3. The second-order valence-electron chi connectivity index (χ2n) is 7.51. The number of nitrogens with zero attached hydrogens (tertiary/aromatic N) is 1. The van der Waals surface area contributed by atoms with Crippen molar-refractivity contribution in [3.63, 3.8) is 0 Å². The highest BCUT2D eigenvalue weighted by molar-refractivity contribution is 9.10. The van der Waals surface area contributed by atoms with Gasteiger partial charge < -0.3 is 15.0 Å². The van der Waals surface area contributed by atoms with Crippen LogP contribution in [0.2, 0.25) is 0 Å². The van der Waals surface area contributed by atoms with Crippen LogP contribution in [-0.2, 0) is 16.1 Å². The van der Waals surface area contributed by atoms with E-state index in [2.05, 4.69) is 21.2 Å². The van der Waals surface area contributed by atoms with Crippen molar-refractivity contribution >= 4 is 27.7 Å². The Kier molecular flexibility index (Phi) is 8.26. The van der Waals surface area contributed by atoms with Gasteiger partial charge in [0.25, 0.3) is 5.91 Å². The highest BCUT2D eigenvalue weighted by atomic mass is 79.9. The zero-order valence-corrected chi connectivity index (χ0v) is 19.2. The van der Waals surface area contributed by atoms with E-state index in [-0.39, 0.29) is 24.5 Å². The second kappa shape index (κ2) is 10.4. The molecule has 2 aromatic carbocycles. The third kappa shape index (κ3) is 6.60. The van der Waals surface area contributed by atoms with Crippen LogP contribution in [0.5, 0.6) is 5.75 Å². The normalized spacial score (nSPS) is 11.8. The number of rotatable bonds is 8. The van der Waals surface area contributed by atoms with E-state index in [1.165, 1.54) is 0 Å². The predicted molar refractivity (Wildman–Crippen MR) is 119 cm³/mol. The second-order valence-corrected chi connectivity index (χ2v) is 8.30. The van der Waals surface area contributed by atoms with E-state index in [4.69, 9.17) is 4.74 Å². The fourth-order valence-electron chi connectivity index (χ4n) is 2.99. The first-order valence-corrected chi connectivity index (χ1v) is 10.5. The maximum absolute atomic E-state index is 13.0. The first-order chi connectivity index (χ1) is 13.7. The summed E-state index contributed by atoms with van der Waals surface area (Å²) in [7, 11) is 0. The first kappa shape index (κ1) is 22.9. The summed E-state index contributed by atoms with van der Waals surface area (Å²) in [6, 6.07) is 12.8. The molecule has 1 unspecified atom stereocenters. The summed E-state index contributed by atoms with van der Waals surface area (Å²) in [6.07, 6.45) is 0. The number of carbonyl (C=O) groups excluding carboxylic acids is 2. The summed E-state index contributed by atoms with van der Waals surface area (Å²) < 4.78 is 6.80. The number of benzene rings is 2. The van der Waals surface area contributed by atoms with Crippen molar-refractivity contribution in [2.45, 2.75) is 53.2 Å². The van der Waals surface area contributed by atoms with Gasteiger partial charge in [-0.3, -0.25) is 9.59 Å². The van der Waals surface area contributed by atoms with Crippen LogP contribution < -0.4 is 10.1 Å². The Hall–Kier alpha value is -2.34. The van der Waals surface area contributed by atoms with Crippen molar-refractivity contribution in [3.8, 4) is 5.75 Å². The van der Waals surface area contributed by atoms with Gasteiger partial charge in [0.2, 0.25) is 5.91 Å². The molecule has 0 fully saturated rings. The minimum absolute atomic E-state index is 0.00333. The SMILES string of the molecule is Cc1cc(OCC(=O)N(Cc2ccccc2)C(C)C(=O)NC(C)C)cc(C)c1Br. The Morgan fingerprint density at radius 1 is 1.07 bits per heavy atom. The van der Waals surface area contributed by atoms with Crippen LogP contribution in [0, 0.1) is 13.8 Å². The lowest BCUT2D eigenvalue weighted by atomic mass is 10.1. The summed E-state index contributed by atoms with van der Waals surface area (Å²) in [4.78, 5) is 27.1. The summed E-state index contributed by atoms with van der Waals surface area (Å²) in [5, 5.41) is 2.88. The topological polar surface area (TPSA) is 58.6 Å². The van der Waals surface area contributed by atoms with Gasteiger partial charge in [-0.05, 0) is 63.4 Å². The molecule has 0 saturated carbocycles. The smallest absolute Gasteiger partial charge is 0.261 e. The van der Waals surface area contributed by atoms with Crippen molar-refractivity contribution in [1.82, 2.24) is 10.2 Å². The average Bonchev–Trinajstić information content (AvgIpc) is 2.68. The molecule has 0 aromatic heterocycles. The number of amides is 2. The van der Waals surface area contributed by atoms with Gasteiger partial charge >= 0.3 is 0 Å². The van der Waals surface area contributed by atoms with Crippen LogP contribution >= 0.6 is 15.9 Å². The highest BCUT2D eigenvalue weighted by Crippen LogP contribution is 2.26. The van der Waals surface area contributed by atoms with Gasteiger partial charge in [0.05, 0.1) is 0 Å². The lowest BCUT2D eigenvalue weighted by molar-refractivity contribution is -0.142. The van der Waals surface area contributed by atoms with Crippen molar-refractivity contribution in [2.24, 2.45) is 0 Å². The Morgan fingerprint density at radius 3 is 2.21 bits per heavy atom. The third-order valence-electron chi connectivity index (χ3n) is 4.57. The van der Waals surface area contributed by atoms with Crippen LogP contribution in [0.1, 0.15) is 37.5 Å². The number of carbonyl (C=O) groups is 2. The van der Waals surface area contributed by atoms with Gasteiger partial charge in [-0.15, -0.1) is 0 Å². The van der Waals surface area contributed by atoms with Crippen LogP contribution in [0.4, 0.5) is 0 Å². The van der Waals surface area contributed by atoms with Gasteiger partial charge in [-0.25, -0.2) is 0 Å². The number of nitrogens with one attached hydrogen (secondary N) is 1. The summed E-state index contributed by atoms with van der Waals surface area (Å²) >= 11 is 3.53. The molecule has 2 amide bonds. The van der Waals surface area contributed by atoms with Crippen LogP contribution in [0.15, 0.2) is 46.9 Å². The lowest BCUT2D eigenvalue weighted by Crippen LogP contribution is -2.50. The molecular weight excluding hydrogens is 432 g/mol. The fourth-order valence-corrected chi connectivity index (χ4v) is 3.21. The molecule has 0 saturated heterocycles. The molecule has 0 bridgehead atoms. The molecule has 2 rings (SSSR count). The number of aryl methyl sites for hydroxylation is 2. The van der Waals surface area contributed by atoms with E-state index in [1.54, 1.807) is 11.8 Å². The Labute approximate surface area is 181 Å². The fraction of sp³-hybridized carbons (Fsp3) is 0.391. The van der Waals surface area contributed by atoms with Crippen molar-refractivity contribution in [3.05, 3.63) is 63.6 Å². The van der Waals surface area contributed by atoms with E-state index in [0.717, 1.165) is 21.2 Å². The predicted octanol–water partition coefficient (Wildman–Crippen LogP) is 4.39. The summed E-state index contributed by atoms with van der Waals surface area (Å²) in [5.41, 5.74) is 3.04. The molecule has 5 nitrogen and oxygen atoms in total. The largest absolute Gasteiger partial charge is 0.484 e. The standard InChI is InChI=1S/C23H29BrN2O3/c1-15(2)25-23(28)18(5)26(13-19-9-7-6-8-10-19)21(27)14-29-20-11-16(3)22(24)17(4)12-20/h6-12,15,18H,13-14H2,1-5H3,(H,25,28). The molecule has 0 aliphatic carbocycles. The van der Waals surface area contributed by atoms with Crippen molar-refractivity contribution < 1.29 is 14.3 Å². The molecule has 1 N–H and O–H groups in total. The quantitative estimate of drug-likeness (QED) is 0.635. The molecule has 1 atom stereocenters. The zero-order valence-electron chi connectivity index (χ0n) is 17.7. The van der Waals surface area contributed by atoms with E-state index in [9.17, 15) is 9.59 Å². The minimum Gasteiger partial charge on any atom is -0.484 e. The Bertz CT molecular complexity index is 829. The third-order valence-corrected chi connectivity index (χ3v) is 5.82. The van der Waals surface area contributed by atoms with Crippen molar-refractivity contribution in [1.29, 1.82) is 0 Å². The Morgan fingerprint density at radius 2 is 1.66 bits per heavy atom. The van der Waals surface area contributed by atoms with Gasteiger partial charge in [0.1, 0.15) is 11.8 Å². The zero-order chi connectivity index (χ0) is 21.6. The van der Waals surface area contributed by atoms with Gasteiger partial charge in [-0.2, -0.15) is 0 Å². The van der Waals surface area contributed by atoms with Gasteiger partial charge in [0.15, 0.2) is 6.61 Å². The molecular formula is C23H29BrN2O3. The average molecular weight is 461 g/mol. The molecule has 0 aliphatic heterocycles. The molecule has 0 heterocycles. The van der Waals surface area contributed by atoms with E-state index < -0.39 is 6.04 Å². The first-order valence-electron chi connectivity index (χ1n) is 9.72. The number of hydrogen-bond donors (Lipinski definition) is 1. The van der Waals surface area contributed by atoms with Crippen LogP contribution in [0.25, 0.3) is 0 Å². The molecule has 0 radical (unpaired) electrons. The van der Waals surface area contributed by atoms with E-state index in [0.29, 0.717) is 12.3 Å². The Balaban J connectivity index is 2.16. The van der Waals surface area contributed by atoms with Gasteiger partial charge in [-0.1, -0.05) is 46.3 Å². The lowest BCUT2D eigenvalue weighted by Gasteiger charge is -2.29. The maximum Gasteiger partial charge on any atom is 0.261 e. The van der Waals surface area contributed by atoms with Crippen LogP contribution in [-0.4, -0.2) is 35.4 Å². The monoisotopic (exact) mass is 460 g/mol. The number of halogens is 1. The summed E-state index contributed by atoms with van der Waals surface area (Å²) in [5.74, 6) is 0.216. The molecule has 6 heteroatoms. The molecule has 0 spiro atoms. The van der Waals surface area contributed by atoms with Crippen LogP contribution in [0.3, 0.4) is 0 Å². The number of ether oxygens (including phenoxy) is 1. The molecule has 2 aromatic rings. The molecule has 0 aliphatic rings. The minimum atomic E-state index is -0.609. The molecule has 156 valence electrons. The van der Waals surface area contributed by atoms with E-state index >= 15 is 0 Å². The van der Waals surface area contributed by atoms with Crippen molar-refractivity contribution in [2.75, 3.05) is 6.61 Å². The maximum atomic E-state index is 13.0. The highest BCUT2D eigenvalue weighted by Gasteiger charge is 2.26. The summed E-state index contributed by atoms with van der Waals surface area (Å²) in [6.45, 7) is 9.70. The van der Waals surface area contributed by atoms with E-state index in [1.807, 2.05) is 70.2 Å². The van der Waals surface area contributed by atoms with Gasteiger partial charge in [0, 0.05) is 17.1 Å². The molecule has 29 heavy (non-hydrogen) atoms.